The van der Waals surface area contributed by atoms with Gasteiger partial charge in [0, 0.05) is 18.2 Å². The lowest BCUT2D eigenvalue weighted by Crippen LogP contribution is -1.98. The highest BCUT2D eigenvalue weighted by Crippen LogP contribution is 2.20. The van der Waals surface area contributed by atoms with Crippen LogP contribution >= 0.6 is 0 Å². The first-order valence-corrected chi connectivity index (χ1v) is 6.20. The summed E-state index contributed by atoms with van der Waals surface area (Å²) in [4.78, 5) is 0. The highest BCUT2D eigenvalue weighted by Gasteiger charge is 2.09. The average molecular weight is 253 g/mol. The minimum Gasteiger partial charge on any atom is -0.496 e. The predicted octanol–water partition coefficient (Wildman–Crippen LogP) is 2.64. The van der Waals surface area contributed by atoms with Crippen molar-refractivity contribution in [3.63, 3.8) is 0 Å². The third kappa shape index (κ3) is 2.17. The van der Waals surface area contributed by atoms with Gasteiger partial charge in [-0.2, -0.15) is 0 Å². The third-order valence-corrected chi connectivity index (χ3v) is 3.18. The number of hydrogen-bond donors (Lipinski definition) is 0. The van der Waals surface area contributed by atoms with Crippen LogP contribution in [0.3, 0.4) is 0 Å². The summed E-state index contributed by atoms with van der Waals surface area (Å²) in [5, 5.41) is 8.47. The lowest BCUT2D eigenvalue weighted by atomic mass is 10.1. The molecule has 0 N–H and O–H groups in total. The summed E-state index contributed by atoms with van der Waals surface area (Å²) >= 11 is 0. The van der Waals surface area contributed by atoms with Crippen LogP contribution < -0.4 is 4.74 Å². The number of fused-ring (bicyclic) bond motifs is 1. The SMILES string of the molecule is COc1ccccc1Cc1nnc2cc(C)ccn12. The van der Waals surface area contributed by atoms with Gasteiger partial charge in [0.2, 0.25) is 0 Å². The monoisotopic (exact) mass is 253 g/mol. The number of aromatic nitrogens is 3. The molecule has 4 nitrogen and oxygen atoms in total. The third-order valence-electron chi connectivity index (χ3n) is 3.18. The van der Waals surface area contributed by atoms with E-state index in [0.717, 1.165) is 22.8 Å². The molecule has 0 aliphatic carbocycles. The molecule has 0 bridgehead atoms. The van der Waals surface area contributed by atoms with Crippen LogP contribution in [0, 0.1) is 6.92 Å². The highest BCUT2D eigenvalue weighted by molar-refractivity contribution is 5.42. The second kappa shape index (κ2) is 4.72. The van der Waals surface area contributed by atoms with Crippen molar-refractivity contribution in [1.29, 1.82) is 0 Å². The second-order valence-corrected chi connectivity index (χ2v) is 4.54. The maximum Gasteiger partial charge on any atom is 0.161 e. The molecular weight excluding hydrogens is 238 g/mol. The molecule has 4 heteroatoms. The van der Waals surface area contributed by atoms with E-state index in [9.17, 15) is 0 Å². The van der Waals surface area contributed by atoms with E-state index in [0.29, 0.717) is 6.42 Å². The maximum absolute atomic E-state index is 5.37. The molecule has 2 heterocycles. The van der Waals surface area contributed by atoms with Gasteiger partial charge in [-0.1, -0.05) is 18.2 Å². The van der Waals surface area contributed by atoms with Gasteiger partial charge in [0.05, 0.1) is 7.11 Å². The van der Waals surface area contributed by atoms with Gasteiger partial charge in [0.25, 0.3) is 0 Å². The van der Waals surface area contributed by atoms with Crippen molar-refractivity contribution >= 4 is 5.65 Å². The van der Waals surface area contributed by atoms with E-state index >= 15 is 0 Å². The summed E-state index contributed by atoms with van der Waals surface area (Å²) in [6.07, 6.45) is 2.71. The van der Waals surface area contributed by atoms with E-state index in [2.05, 4.69) is 23.2 Å². The Morgan fingerprint density at radius 3 is 2.84 bits per heavy atom. The van der Waals surface area contributed by atoms with Crippen LogP contribution in [0.5, 0.6) is 5.75 Å². The molecule has 0 unspecified atom stereocenters. The van der Waals surface area contributed by atoms with Gasteiger partial charge in [0.1, 0.15) is 11.6 Å². The molecule has 1 aromatic carbocycles. The van der Waals surface area contributed by atoms with Crippen molar-refractivity contribution in [3.05, 3.63) is 59.5 Å². The first kappa shape index (κ1) is 11.7. The molecule has 3 aromatic rings. The van der Waals surface area contributed by atoms with E-state index in [1.165, 1.54) is 5.56 Å². The van der Waals surface area contributed by atoms with Crippen molar-refractivity contribution < 1.29 is 4.74 Å². The average Bonchev–Trinajstić information content (AvgIpc) is 2.82. The Labute approximate surface area is 111 Å². The molecule has 0 atom stereocenters. The number of methoxy groups -OCH3 is 1. The van der Waals surface area contributed by atoms with Crippen LogP contribution in [0.25, 0.3) is 5.65 Å². The van der Waals surface area contributed by atoms with Gasteiger partial charge in [-0.3, -0.25) is 4.40 Å². The fourth-order valence-electron chi connectivity index (χ4n) is 2.18. The Hall–Kier alpha value is -2.36. The Bertz CT molecular complexity index is 718. The Morgan fingerprint density at radius 1 is 1.16 bits per heavy atom. The zero-order valence-electron chi connectivity index (χ0n) is 11.0. The maximum atomic E-state index is 5.37. The summed E-state index contributed by atoms with van der Waals surface area (Å²) in [5.74, 6) is 1.80. The first-order valence-electron chi connectivity index (χ1n) is 6.20. The Morgan fingerprint density at radius 2 is 2.00 bits per heavy atom. The zero-order chi connectivity index (χ0) is 13.2. The second-order valence-electron chi connectivity index (χ2n) is 4.54. The molecule has 0 saturated heterocycles. The zero-order valence-corrected chi connectivity index (χ0v) is 11.0. The minimum atomic E-state index is 0.703. The van der Waals surface area contributed by atoms with Gasteiger partial charge in [-0.05, 0) is 30.7 Å². The van der Waals surface area contributed by atoms with Crippen LogP contribution in [0.15, 0.2) is 42.6 Å². The van der Waals surface area contributed by atoms with Crippen LogP contribution in [0.2, 0.25) is 0 Å². The van der Waals surface area contributed by atoms with Crippen LogP contribution in [0.4, 0.5) is 0 Å². The summed E-state index contributed by atoms with van der Waals surface area (Å²) in [5.41, 5.74) is 3.17. The number of nitrogens with zero attached hydrogens (tertiary/aromatic N) is 3. The van der Waals surface area contributed by atoms with Gasteiger partial charge in [-0.25, -0.2) is 0 Å². The van der Waals surface area contributed by atoms with Gasteiger partial charge in [0.15, 0.2) is 5.65 Å². The molecule has 3 rings (SSSR count). The number of hydrogen-bond acceptors (Lipinski definition) is 3. The lowest BCUT2D eigenvalue weighted by molar-refractivity contribution is 0.410. The van der Waals surface area contributed by atoms with Crippen molar-refractivity contribution in [2.45, 2.75) is 13.3 Å². The molecule has 2 aromatic heterocycles. The van der Waals surface area contributed by atoms with Gasteiger partial charge < -0.3 is 4.74 Å². The quantitative estimate of drug-likeness (QED) is 0.720. The summed E-state index contributed by atoms with van der Waals surface area (Å²) in [7, 11) is 1.68. The molecule has 96 valence electrons. The van der Waals surface area contributed by atoms with E-state index < -0.39 is 0 Å². The predicted molar refractivity (Wildman–Crippen MR) is 73.5 cm³/mol. The van der Waals surface area contributed by atoms with E-state index in [1.807, 2.05) is 40.9 Å². The van der Waals surface area contributed by atoms with Gasteiger partial charge >= 0.3 is 0 Å². The molecule has 0 fully saturated rings. The molecule has 0 amide bonds. The van der Waals surface area contributed by atoms with E-state index in [1.54, 1.807) is 7.11 Å². The van der Waals surface area contributed by atoms with Crippen LogP contribution in [-0.2, 0) is 6.42 Å². The summed E-state index contributed by atoms with van der Waals surface area (Å²) < 4.78 is 7.38. The van der Waals surface area contributed by atoms with Crippen molar-refractivity contribution in [2.75, 3.05) is 7.11 Å². The number of para-hydroxylation sites is 1. The number of benzene rings is 1. The van der Waals surface area contributed by atoms with Gasteiger partial charge in [-0.15, -0.1) is 10.2 Å². The highest BCUT2D eigenvalue weighted by atomic mass is 16.5. The number of aryl methyl sites for hydroxylation is 1. The molecule has 0 radical (unpaired) electrons. The Kier molecular flexibility index (Phi) is 2.91. The normalized spacial score (nSPS) is 10.8. The van der Waals surface area contributed by atoms with E-state index in [-0.39, 0.29) is 0 Å². The molecule has 0 aliphatic rings. The van der Waals surface area contributed by atoms with E-state index in [4.69, 9.17) is 4.74 Å². The topological polar surface area (TPSA) is 39.4 Å². The fraction of sp³-hybridized carbons (Fsp3) is 0.200. The molecule has 0 aliphatic heterocycles. The first-order chi connectivity index (χ1) is 9.28. The molecule has 0 saturated carbocycles. The van der Waals surface area contributed by atoms with Crippen molar-refractivity contribution in [2.24, 2.45) is 0 Å². The number of pyridine rings is 1. The Balaban J connectivity index is 2.01. The lowest BCUT2D eigenvalue weighted by Gasteiger charge is -2.07. The smallest absolute Gasteiger partial charge is 0.161 e. The number of ether oxygens (including phenoxy) is 1. The fourth-order valence-corrected chi connectivity index (χ4v) is 2.18. The molecule has 0 spiro atoms. The minimum absolute atomic E-state index is 0.703. The van der Waals surface area contributed by atoms with Crippen LogP contribution in [0.1, 0.15) is 17.0 Å². The molecule has 19 heavy (non-hydrogen) atoms. The summed E-state index contributed by atoms with van der Waals surface area (Å²) in [6.45, 7) is 2.05. The van der Waals surface area contributed by atoms with Crippen LogP contribution in [-0.4, -0.2) is 21.7 Å². The number of rotatable bonds is 3. The molecular formula is C15H15N3O. The standard InChI is InChI=1S/C15H15N3O/c1-11-7-8-18-14(9-11)16-17-15(18)10-12-5-3-4-6-13(12)19-2/h3-9H,10H2,1-2H3. The van der Waals surface area contributed by atoms with Crippen molar-refractivity contribution in [1.82, 2.24) is 14.6 Å². The van der Waals surface area contributed by atoms with Crippen molar-refractivity contribution in [3.8, 4) is 5.75 Å². The summed E-state index contributed by atoms with van der Waals surface area (Å²) in [6, 6.07) is 12.1. The largest absolute Gasteiger partial charge is 0.496 e.